The van der Waals surface area contributed by atoms with Gasteiger partial charge in [0.25, 0.3) is 0 Å². The molecular formula is C53H80N10O13. The molecule has 0 aliphatic carbocycles. The number of amidine groups is 1. The molecule has 420 valence electrons. The van der Waals surface area contributed by atoms with Crippen LogP contribution in [0.25, 0.3) is 0 Å². The standard InChI is InChI=1S/C19H29N5O5.C18H27N3O4.C16H24N2O4/c1-9-13(17(19(28)29)24-16(9)15(10(2)25)18(24)27)8-23-5-4-12(7-23)22-14(26)6-21-11(3)20;1-9(19)6-12-4-5-20(7-12)8-13-10(2)15-14(11(3)22)17(23)21(15)16(13)18(24)25;1-8-4-5-17(6-8)7-11-9(2)13-12(10(3)19)15(20)18(13)14(11)16(21)22/h9-10,12,15-16,25H,4-8H2,1-3H3,(H2,20,21)(H,22,26)(H,28,29);10-12,14-15,22H,1,4-8,19H2,2-3H3,(H,24,25);8-10,12-13,19H,4-7H2,1-3H3,(H,21,22)/t9-,10+,12-,15?,16?;10-,11+,12-,14?,15?;8-,9-,10+,12?,13?/m000/s1. The molecule has 0 aromatic carbocycles. The minimum atomic E-state index is -1.12. The molecule has 15 atom stereocenters. The number of fused-ring (bicyclic) bond motifs is 3. The average Bonchev–Trinajstić information content (AvgIpc) is 4.17. The van der Waals surface area contributed by atoms with E-state index >= 15 is 0 Å². The highest BCUT2D eigenvalue weighted by atomic mass is 16.4. The number of β-lactam (4-membered cyclic amide) rings is 3. The molecule has 9 heterocycles. The number of nitrogens with two attached hydrogens (primary N) is 2. The van der Waals surface area contributed by atoms with Crippen LogP contribution in [-0.2, 0) is 33.6 Å². The van der Waals surface area contributed by atoms with Crippen molar-refractivity contribution in [3.8, 4) is 0 Å². The number of amides is 4. The number of nitrogens with one attached hydrogen (secondary N) is 1. The number of carbonyl (C=O) groups is 7. The molecule has 9 aliphatic rings. The maximum absolute atomic E-state index is 12.4. The van der Waals surface area contributed by atoms with Gasteiger partial charge in [-0.3, -0.25) is 38.9 Å². The largest absolute Gasteiger partial charge is 0.477 e. The Morgan fingerprint density at radius 2 is 0.987 bits per heavy atom. The number of carbonyl (C=O) groups excluding carboxylic acids is 4. The van der Waals surface area contributed by atoms with Gasteiger partial charge >= 0.3 is 17.9 Å². The van der Waals surface area contributed by atoms with Crippen molar-refractivity contribution in [1.29, 1.82) is 0 Å². The monoisotopic (exact) mass is 1060 g/mol. The van der Waals surface area contributed by atoms with Gasteiger partial charge in [0.2, 0.25) is 23.6 Å². The Labute approximate surface area is 443 Å². The fourth-order valence-corrected chi connectivity index (χ4v) is 13.6. The Bertz CT molecular complexity index is 2480. The highest BCUT2D eigenvalue weighted by molar-refractivity contribution is 6.02. The topological polar surface area (TPSA) is 337 Å². The minimum Gasteiger partial charge on any atom is -0.477 e. The number of carboxylic acid groups (broad SMARTS) is 3. The van der Waals surface area contributed by atoms with E-state index in [2.05, 4.69) is 38.5 Å². The van der Waals surface area contributed by atoms with Gasteiger partial charge in [0, 0.05) is 75.3 Å². The van der Waals surface area contributed by atoms with Crippen molar-refractivity contribution in [3.05, 3.63) is 46.1 Å². The maximum Gasteiger partial charge on any atom is 0.352 e. The first-order valence-electron chi connectivity index (χ1n) is 26.7. The van der Waals surface area contributed by atoms with Gasteiger partial charge < -0.3 is 62.1 Å². The smallest absolute Gasteiger partial charge is 0.352 e. The van der Waals surface area contributed by atoms with Crippen molar-refractivity contribution in [2.75, 3.05) is 65.4 Å². The summed E-state index contributed by atoms with van der Waals surface area (Å²) in [6.45, 7) is 24.8. The van der Waals surface area contributed by atoms with Crippen LogP contribution in [-0.4, -0.2) is 215 Å². The number of hydrogen-bond acceptors (Lipinski definition) is 15. The first kappa shape index (κ1) is 58.0. The number of carboxylic acids is 3. The van der Waals surface area contributed by atoms with Gasteiger partial charge in [-0.25, -0.2) is 14.4 Å². The Morgan fingerprint density at radius 3 is 1.33 bits per heavy atom. The quantitative estimate of drug-likeness (QED) is 0.0510. The van der Waals surface area contributed by atoms with Crippen molar-refractivity contribution in [3.63, 3.8) is 0 Å². The van der Waals surface area contributed by atoms with Crippen LogP contribution in [0.5, 0.6) is 0 Å². The molecular weight excluding hydrogens is 985 g/mol. The van der Waals surface area contributed by atoms with E-state index in [0.29, 0.717) is 61.7 Å². The molecule has 23 nitrogen and oxygen atoms in total. The number of aliphatic imine (C=N–C) groups is 1. The third kappa shape index (κ3) is 11.2. The van der Waals surface area contributed by atoms with Crippen LogP contribution in [0.3, 0.4) is 0 Å². The fraction of sp³-hybridized carbons (Fsp3) is 0.698. The molecule has 6 fully saturated rings. The van der Waals surface area contributed by atoms with Crippen LogP contribution in [0.4, 0.5) is 0 Å². The highest BCUT2D eigenvalue weighted by Crippen LogP contribution is 2.50. The predicted molar refractivity (Wildman–Crippen MR) is 277 cm³/mol. The zero-order valence-electron chi connectivity index (χ0n) is 45.1. The summed E-state index contributed by atoms with van der Waals surface area (Å²) in [6, 6.07) is -0.784. The molecule has 0 aromatic rings. The first-order chi connectivity index (χ1) is 35.7. The molecule has 11 N–H and O–H groups in total. The molecule has 0 aromatic heterocycles. The maximum atomic E-state index is 12.4. The number of aliphatic hydroxyl groups excluding tert-OH is 3. The minimum absolute atomic E-state index is 0.0103. The van der Waals surface area contributed by atoms with Crippen LogP contribution < -0.4 is 16.8 Å². The van der Waals surface area contributed by atoms with Crippen LogP contribution in [0.1, 0.15) is 81.1 Å². The lowest BCUT2D eigenvalue weighted by Crippen LogP contribution is -2.63. The summed E-state index contributed by atoms with van der Waals surface area (Å²) in [5, 5.41) is 61.4. The summed E-state index contributed by atoms with van der Waals surface area (Å²) in [4.78, 5) is 98.8. The third-order valence-electron chi connectivity index (χ3n) is 17.3. The second-order valence-electron chi connectivity index (χ2n) is 22.9. The molecule has 9 rings (SSSR count). The second-order valence-corrected chi connectivity index (χ2v) is 22.9. The zero-order chi connectivity index (χ0) is 56.1. The molecule has 6 unspecified atom stereocenters. The van der Waals surface area contributed by atoms with Gasteiger partial charge in [0.1, 0.15) is 23.6 Å². The first-order valence-corrected chi connectivity index (χ1v) is 26.7. The Morgan fingerprint density at radius 1 is 0.618 bits per heavy atom. The Balaban J connectivity index is 0.000000167. The van der Waals surface area contributed by atoms with E-state index in [0.717, 1.165) is 63.0 Å². The van der Waals surface area contributed by atoms with Gasteiger partial charge in [0.05, 0.1) is 60.0 Å². The number of rotatable bonds is 17. The lowest BCUT2D eigenvalue weighted by Gasteiger charge is -2.46. The zero-order valence-corrected chi connectivity index (χ0v) is 45.1. The molecule has 6 saturated heterocycles. The van der Waals surface area contributed by atoms with Crippen LogP contribution in [0, 0.1) is 47.3 Å². The third-order valence-corrected chi connectivity index (χ3v) is 17.3. The van der Waals surface area contributed by atoms with Crippen molar-refractivity contribution in [1.82, 2.24) is 34.7 Å². The second kappa shape index (κ2) is 23.1. The van der Waals surface area contributed by atoms with Gasteiger partial charge in [-0.2, -0.15) is 0 Å². The number of nitrogens with zero attached hydrogens (tertiary/aromatic N) is 7. The van der Waals surface area contributed by atoms with Crippen LogP contribution in [0.2, 0.25) is 0 Å². The predicted octanol–water partition coefficient (Wildman–Crippen LogP) is -0.358. The summed E-state index contributed by atoms with van der Waals surface area (Å²) < 4.78 is 0. The number of hydrogen-bond donors (Lipinski definition) is 9. The molecule has 9 aliphatic heterocycles. The molecule has 76 heavy (non-hydrogen) atoms. The van der Waals surface area contributed by atoms with Crippen LogP contribution in [0.15, 0.2) is 51.1 Å². The van der Waals surface area contributed by atoms with Crippen molar-refractivity contribution >= 4 is 47.4 Å². The van der Waals surface area contributed by atoms with E-state index in [-0.39, 0.29) is 89.2 Å². The highest BCUT2D eigenvalue weighted by Gasteiger charge is 2.62. The van der Waals surface area contributed by atoms with Crippen molar-refractivity contribution < 1.29 is 64.2 Å². The van der Waals surface area contributed by atoms with Gasteiger partial charge in [-0.15, -0.1) is 0 Å². The van der Waals surface area contributed by atoms with Gasteiger partial charge in [0.15, 0.2) is 0 Å². The molecule has 0 spiro atoms. The van der Waals surface area contributed by atoms with E-state index in [9.17, 15) is 64.2 Å². The SMILES string of the molecule is C=C(N)C[C@@H]1CCN(CC2=C(C(=O)O)N3C(=O)C([C@@H](C)O)C3[C@H]2C)C1.CC(N)=NCC(=O)N[C@H]1CCN(CC2=C(C(=O)O)N3C(=O)C([C@@H](C)O)C3[C@H]2C)C1.C[C@H]1CCN(CC2=C(C(=O)O)N3C(=O)C([C@@H](C)O)C3[C@H]2C)C1. The van der Waals surface area contributed by atoms with E-state index in [1.54, 1.807) is 27.7 Å². The van der Waals surface area contributed by atoms with E-state index < -0.39 is 54.0 Å². The molecule has 0 radical (unpaired) electrons. The molecule has 23 heteroatoms. The number of aliphatic carboxylic acids is 3. The average molecular weight is 1070 g/mol. The van der Waals surface area contributed by atoms with E-state index in [4.69, 9.17) is 11.5 Å². The normalized spacial score (nSPS) is 33.4. The number of likely N-dealkylation sites (tertiary alicyclic amines) is 3. The summed E-state index contributed by atoms with van der Waals surface area (Å²) in [6.07, 6.45) is 1.37. The van der Waals surface area contributed by atoms with Crippen molar-refractivity contribution in [2.45, 2.75) is 124 Å². The number of allylic oxidation sites excluding steroid dienone is 1. The summed E-state index contributed by atoms with van der Waals surface area (Å²) >= 11 is 0. The van der Waals surface area contributed by atoms with Crippen LogP contribution >= 0.6 is 0 Å². The van der Waals surface area contributed by atoms with E-state index in [1.165, 1.54) is 14.7 Å². The molecule has 4 amide bonds. The fourth-order valence-electron chi connectivity index (χ4n) is 13.6. The number of aliphatic hydroxyl groups is 3. The lowest BCUT2D eigenvalue weighted by molar-refractivity contribution is -0.163. The van der Waals surface area contributed by atoms with Gasteiger partial charge in [-0.05, 0) is 95.0 Å². The summed E-state index contributed by atoms with van der Waals surface area (Å²) in [7, 11) is 0. The van der Waals surface area contributed by atoms with E-state index in [1.807, 2.05) is 20.8 Å². The molecule has 0 bridgehead atoms. The van der Waals surface area contributed by atoms with Crippen molar-refractivity contribution in [2.24, 2.45) is 63.8 Å². The Hall–Kier alpha value is -5.72. The summed E-state index contributed by atoms with van der Waals surface area (Å²) in [5.74, 6) is -4.60. The van der Waals surface area contributed by atoms with Gasteiger partial charge in [-0.1, -0.05) is 34.3 Å². The lowest BCUT2D eigenvalue weighted by atomic mass is 9.77. The summed E-state index contributed by atoms with van der Waals surface area (Å²) in [5.41, 5.74) is 14.5. The Kier molecular flexibility index (Phi) is 17.6. The molecule has 0 saturated carbocycles.